The molecule has 0 aliphatic carbocycles. The SMILES string of the molecule is Cc1cc(-c2ccccc2)c2ccc3c#cc(-c4cccc(-c5cccc(-c6nc(-c7ccccc7)cc(-c7ccc(-c8ccccc8)cc7)n6)c5)c4)nc3c2n1. The van der Waals surface area contributed by atoms with Gasteiger partial charge in [-0.1, -0.05) is 164 Å². The molecule has 10 rings (SSSR count). The summed E-state index contributed by atoms with van der Waals surface area (Å²) in [5.41, 5.74) is 15.8. The monoisotopic (exact) mass is 726 g/mol. The maximum Gasteiger partial charge on any atom is 0.160 e. The van der Waals surface area contributed by atoms with Gasteiger partial charge in [-0.15, -0.1) is 0 Å². The van der Waals surface area contributed by atoms with Gasteiger partial charge < -0.3 is 0 Å². The summed E-state index contributed by atoms with van der Waals surface area (Å²) >= 11 is 0. The first-order valence-corrected chi connectivity index (χ1v) is 19.1. The molecule has 0 saturated carbocycles. The zero-order valence-electron chi connectivity index (χ0n) is 31.2. The molecule has 266 valence electrons. The van der Waals surface area contributed by atoms with Crippen molar-refractivity contribution in [1.82, 2.24) is 19.9 Å². The summed E-state index contributed by atoms with van der Waals surface area (Å²) in [5.74, 6) is 0.667. The van der Waals surface area contributed by atoms with Crippen LogP contribution < -0.4 is 0 Å². The third-order valence-corrected chi connectivity index (χ3v) is 10.4. The summed E-state index contributed by atoms with van der Waals surface area (Å²) in [4.78, 5) is 20.4. The van der Waals surface area contributed by atoms with Gasteiger partial charge in [0, 0.05) is 33.3 Å². The fourth-order valence-electron chi connectivity index (χ4n) is 7.51. The molecule has 0 bridgehead atoms. The van der Waals surface area contributed by atoms with E-state index in [1.54, 1.807) is 0 Å². The van der Waals surface area contributed by atoms with Crippen LogP contribution in [-0.2, 0) is 0 Å². The van der Waals surface area contributed by atoms with Crippen molar-refractivity contribution >= 4 is 21.8 Å². The quantitative estimate of drug-likeness (QED) is 0.164. The van der Waals surface area contributed by atoms with E-state index in [1.165, 1.54) is 11.1 Å². The van der Waals surface area contributed by atoms with Gasteiger partial charge in [-0.2, -0.15) is 0 Å². The van der Waals surface area contributed by atoms with Crippen LogP contribution in [0.1, 0.15) is 5.69 Å². The normalized spacial score (nSPS) is 11.1. The second-order valence-electron chi connectivity index (χ2n) is 14.2. The van der Waals surface area contributed by atoms with E-state index in [-0.39, 0.29) is 0 Å². The largest absolute Gasteiger partial charge is 0.251 e. The topological polar surface area (TPSA) is 51.6 Å². The van der Waals surface area contributed by atoms with Gasteiger partial charge in [-0.25, -0.2) is 15.0 Å². The van der Waals surface area contributed by atoms with Crippen molar-refractivity contribution in [1.29, 1.82) is 0 Å². The highest BCUT2D eigenvalue weighted by molar-refractivity contribution is 6.08. The molecule has 0 aliphatic heterocycles. The highest BCUT2D eigenvalue weighted by Gasteiger charge is 2.14. The van der Waals surface area contributed by atoms with Crippen molar-refractivity contribution < 1.29 is 0 Å². The first-order valence-electron chi connectivity index (χ1n) is 19.1. The Hall–Kier alpha value is -7.74. The van der Waals surface area contributed by atoms with Gasteiger partial charge in [0.15, 0.2) is 5.82 Å². The summed E-state index contributed by atoms with van der Waals surface area (Å²) in [7, 11) is 0. The molecule has 0 spiro atoms. The fraction of sp³-hybridized carbons (Fsp3) is 0.0189. The van der Waals surface area contributed by atoms with Gasteiger partial charge in [0.1, 0.15) is 11.2 Å². The highest BCUT2D eigenvalue weighted by atomic mass is 14.9. The number of aryl methyl sites for hydroxylation is 1. The van der Waals surface area contributed by atoms with E-state index in [9.17, 15) is 0 Å². The predicted molar refractivity (Wildman–Crippen MR) is 233 cm³/mol. The third kappa shape index (κ3) is 6.69. The standard InChI is InChI=1S/C53H34N4/c1-35-31-47(38-15-7-3-8-16-38)46-29-27-41-28-30-48(55-51(41)52(46)54-35)44-21-11-19-42(32-44)43-20-12-22-45(33-43)53-56-49(39-17-9-4-10-18-39)34-50(57-53)40-25-23-37(24-26-40)36-13-5-2-6-14-36/h2-27,29,31-34H,1H3. The Kier molecular flexibility index (Phi) is 8.59. The molecule has 3 heterocycles. The van der Waals surface area contributed by atoms with Crippen molar-refractivity contribution in [3.8, 4) is 78.5 Å². The Labute approximate surface area is 331 Å². The second kappa shape index (κ2) is 14.5. The molecular weight excluding hydrogens is 693 g/mol. The van der Waals surface area contributed by atoms with Crippen LogP contribution in [0.15, 0.2) is 188 Å². The number of nitrogens with zero attached hydrogens (tertiary/aromatic N) is 4. The van der Waals surface area contributed by atoms with E-state index in [4.69, 9.17) is 19.9 Å². The van der Waals surface area contributed by atoms with E-state index >= 15 is 0 Å². The summed E-state index contributed by atoms with van der Waals surface area (Å²) in [6.45, 7) is 2.04. The lowest BCUT2D eigenvalue weighted by molar-refractivity contribution is 1.18. The minimum absolute atomic E-state index is 0.667. The van der Waals surface area contributed by atoms with Crippen molar-refractivity contribution in [3.05, 3.63) is 206 Å². The van der Waals surface area contributed by atoms with Crippen molar-refractivity contribution in [2.24, 2.45) is 0 Å². The predicted octanol–water partition coefficient (Wildman–Crippen LogP) is 13.2. The van der Waals surface area contributed by atoms with E-state index in [1.807, 2.05) is 37.3 Å². The molecule has 0 fully saturated rings. The number of hydrogen-bond acceptors (Lipinski definition) is 4. The smallest absolute Gasteiger partial charge is 0.160 e. The van der Waals surface area contributed by atoms with Gasteiger partial charge in [-0.3, -0.25) is 4.98 Å². The number of aromatic nitrogens is 4. The van der Waals surface area contributed by atoms with Crippen LogP contribution in [0, 0.1) is 19.1 Å². The van der Waals surface area contributed by atoms with Gasteiger partial charge in [0.2, 0.25) is 0 Å². The van der Waals surface area contributed by atoms with Gasteiger partial charge in [0.25, 0.3) is 0 Å². The van der Waals surface area contributed by atoms with Crippen LogP contribution in [0.3, 0.4) is 0 Å². The lowest BCUT2D eigenvalue weighted by atomic mass is 9.98. The Balaban J connectivity index is 1.03. The number of hydrogen-bond donors (Lipinski definition) is 0. The minimum Gasteiger partial charge on any atom is -0.251 e. The third-order valence-electron chi connectivity index (χ3n) is 10.4. The molecule has 0 unspecified atom stereocenters. The van der Waals surface area contributed by atoms with E-state index in [2.05, 4.69) is 170 Å². The molecule has 0 atom stereocenters. The molecule has 4 heteroatoms. The average molecular weight is 727 g/mol. The Morgan fingerprint density at radius 1 is 0.351 bits per heavy atom. The molecule has 4 nitrogen and oxygen atoms in total. The summed E-state index contributed by atoms with van der Waals surface area (Å²) in [5, 5.41) is 1.95. The van der Waals surface area contributed by atoms with Crippen molar-refractivity contribution in [3.63, 3.8) is 0 Å². The van der Waals surface area contributed by atoms with Crippen LogP contribution in [-0.4, -0.2) is 19.9 Å². The number of fused-ring (bicyclic) bond motifs is 3. The average Bonchev–Trinajstić information content (AvgIpc) is 3.29. The van der Waals surface area contributed by atoms with Crippen LogP contribution >= 0.6 is 0 Å². The van der Waals surface area contributed by atoms with Crippen LogP contribution in [0.25, 0.3) is 100 Å². The maximum absolute atomic E-state index is 5.18. The van der Waals surface area contributed by atoms with E-state index < -0.39 is 0 Å². The molecular formula is C53H34N4. The van der Waals surface area contributed by atoms with Gasteiger partial charge in [-0.05, 0) is 76.7 Å². The van der Waals surface area contributed by atoms with E-state index in [0.717, 1.165) is 89.1 Å². The molecule has 0 aliphatic rings. The van der Waals surface area contributed by atoms with Crippen molar-refractivity contribution in [2.45, 2.75) is 6.92 Å². The molecule has 7 aromatic carbocycles. The maximum atomic E-state index is 5.18. The lowest BCUT2D eigenvalue weighted by Gasteiger charge is -2.11. The lowest BCUT2D eigenvalue weighted by Crippen LogP contribution is -1.96. The van der Waals surface area contributed by atoms with Crippen LogP contribution in [0.4, 0.5) is 0 Å². The zero-order valence-corrected chi connectivity index (χ0v) is 31.2. The molecule has 3 aromatic heterocycles. The molecule has 57 heavy (non-hydrogen) atoms. The van der Waals surface area contributed by atoms with Gasteiger partial charge in [0.05, 0.1) is 22.3 Å². The molecule has 10 aromatic rings. The molecule has 0 radical (unpaired) electrons. The summed E-state index contributed by atoms with van der Waals surface area (Å²) < 4.78 is 0. The Morgan fingerprint density at radius 3 is 1.56 bits per heavy atom. The summed E-state index contributed by atoms with van der Waals surface area (Å²) in [6.07, 6.45) is 0. The first kappa shape index (κ1) is 33.8. The van der Waals surface area contributed by atoms with Crippen LogP contribution in [0.5, 0.6) is 0 Å². The second-order valence-corrected chi connectivity index (χ2v) is 14.2. The van der Waals surface area contributed by atoms with Crippen LogP contribution in [0.2, 0.25) is 0 Å². The number of benzene rings is 7. The first-order chi connectivity index (χ1) is 28.1. The zero-order chi connectivity index (χ0) is 38.1. The molecule has 0 N–H and O–H groups in total. The van der Waals surface area contributed by atoms with Gasteiger partial charge >= 0.3 is 0 Å². The van der Waals surface area contributed by atoms with Crippen molar-refractivity contribution in [2.75, 3.05) is 0 Å². The highest BCUT2D eigenvalue weighted by Crippen LogP contribution is 2.35. The molecule has 0 saturated heterocycles. The summed E-state index contributed by atoms with van der Waals surface area (Å²) in [6, 6.07) is 71.8. The Bertz CT molecular complexity index is 3050. The minimum atomic E-state index is 0.667. The fourth-order valence-corrected chi connectivity index (χ4v) is 7.51. The number of pyridine rings is 1. The molecule has 0 amide bonds. The van der Waals surface area contributed by atoms with E-state index in [0.29, 0.717) is 5.82 Å². The Morgan fingerprint density at radius 2 is 0.877 bits per heavy atom. The number of rotatable bonds is 7.